The summed E-state index contributed by atoms with van der Waals surface area (Å²) in [6.07, 6.45) is 5.26. The van der Waals surface area contributed by atoms with Crippen LogP contribution in [0.25, 0.3) is 0 Å². The molecule has 1 saturated heterocycles. The molecule has 1 atom stereocenters. The number of hydrogen-bond donors (Lipinski definition) is 1. The molecule has 1 aliphatic rings. The fourth-order valence-corrected chi connectivity index (χ4v) is 3.58. The van der Waals surface area contributed by atoms with Gasteiger partial charge in [0.1, 0.15) is 11.5 Å². The van der Waals surface area contributed by atoms with E-state index in [1.165, 1.54) is 19.3 Å². The first-order valence-electron chi connectivity index (χ1n) is 8.75. The van der Waals surface area contributed by atoms with Gasteiger partial charge >= 0.3 is 0 Å². The van der Waals surface area contributed by atoms with Crippen molar-refractivity contribution in [3.05, 3.63) is 52.4 Å². The molecule has 1 unspecified atom stereocenters. The molecule has 0 saturated carbocycles. The zero-order valence-corrected chi connectivity index (χ0v) is 15.9. The first-order valence-corrected chi connectivity index (χ1v) is 9.51. The third-order valence-corrected chi connectivity index (χ3v) is 4.98. The van der Waals surface area contributed by atoms with Gasteiger partial charge in [-0.1, -0.05) is 29.6 Å². The van der Waals surface area contributed by atoms with Gasteiger partial charge in [-0.3, -0.25) is 9.69 Å². The number of benzene rings is 1. The van der Waals surface area contributed by atoms with Crippen LogP contribution in [-0.2, 0) is 4.79 Å². The van der Waals surface area contributed by atoms with Gasteiger partial charge in [0, 0.05) is 11.6 Å². The first kappa shape index (κ1) is 19.1. The van der Waals surface area contributed by atoms with Crippen LogP contribution in [0.15, 0.2) is 41.0 Å². The average Bonchev–Trinajstić information content (AvgIpc) is 3.16. The number of nitrogens with zero attached hydrogens (tertiary/aromatic N) is 1. The molecule has 2 aromatic rings. The van der Waals surface area contributed by atoms with Crippen molar-refractivity contribution < 1.29 is 13.9 Å². The Kier molecular flexibility index (Phi) is 6.83. The topological polar surface area (TPSA) is 54.7 Å². The lowest BCUT2D eigenvalue weighted by Crippen LogP contribution is -2.41. The molecular formula is C19H22Cl2N2O3. The van der Waals surface area contributed by atoms with Crippen LogP contribution in [0.1, 0.15) is 31.1 Å². The Morgan fingerprint density at radius 1 is 1.23 bits per heavy atom. The smallest absolute Gasteiger partial charge is 0.258 e. The third kappa shape index (κ3) is 5.16. The van der Waals surface area contributed by atoms with Gasteiger partial charge in [0.05, 0.1) is 17.3 Å². The van der Waals surface area contributed by atoms with Crippen molar-refractivity contribution in [3.8, 4) is 5.75 Å². The van der Waals surface area contributed by atoms with Gasteiger partial charge in [-0.2, -0.15) is 0 Å². The average molecular weight is 397 g/mol. The number of rotatable bonds is 7. The van der Waals surface area contributed by atoms with Crippen molar-refractivity contribution in [2.24, 2.45) is 0 Å². The zero-order valence-electron chi connectivity index (χ0n) is 14.4. The molecule has 2 heterocycles. The van der Waals surface area contributed by atoms with Crippen molar-refractivity contribution in [2.75, 3.05) is 26.2 Å². The zero-order chi connectivity index (χ0) is 18.4. The van der Waals surface area contributed by atoms with Crippen molar-refractivity contribution in [1.82, 2.24) is 10.2 Å². The summed E-state index contributed by atoms with van der Waals surface area (Å²) in [5.41, 5.74) is 0. The van der Waals surface area contributed by atoms with Crippen molar-refractivity contribution in [1.29, 1.82) is 0 Å². The molecule has 5 nitrogen and oxygen atoms in total. The summed E-state index contributed by atoms with van der Waals surface area (Å²) < 4.78 is 11.1. The molecule has 0 spiro atoms. The summed E-state index contributed by atoms with van der Waals surface area (Å²) in [6.45, 7) is 2.40. The number of piperidine rings is 1. The van der Waals surface area contributed by atoms with Crippen LogP contribution in [0.4, 0.5) is 0 Å². The lowest BCUT2D eigenvalue weighted by Gasteiger charge is -2.33. The molecule has 1 fully saturated rings. The van der Waals surface area contributed by atoms with Crippen LogP contribution in [0.5, 0.6) is 5.75 Å². The largest absolute Gasteiger partial charge is 0.482 e. The molecule has 140 valence electrons. The van der Waals surface area contributed by atoms with E-state index in [-0.39, 0.29) is 18.6 Å². The number of ether oxygens (including phenoxy) is 1. The van der Waals surface area contributed by atoms with Crippen LogP contribution in [-0.4, -0.2) is 37.0 Å². The lowest BCUT2D eigenvalue weighted by molar-refractivity contribution is -0.123. The number of hydrogen-bond acceptors (Lipinski definition) is 4. The summed E-state index contributed by atoms with van der Waals surface area (Å²) in [5.74, 6) is 1.10. The quantitative estimate of drug-likeness (QED) is 0.757. The molecule has 1 aliphatic heterocycles. The highest BCUT2D eigenvalue weighted by molar-refractivity contribution is 6.35. The number of furan rings is 1. The number of carbonyl (C=O) groups excluding carboxylic acids is 1. The Hall–Kier alpha value is -1.69. The maximum absolute atomic E-state index is 12.2. The Balaban J connectivity index is 1.53. The number of amides is 1. The third-order valence-electron chi connectivity index (χ3n) is 4.45. The van der Waals surface area contributed by atoms with Gasteiger partial charge in [0.25, 0.3) is 5.91 Å². The minimum Gasteiger partial charge on any atom is -0.482 e. The van der Waals surface area contributed by atoms with Crippen LogP contribution in [0.2, 0.25) is 10.0 Å². The fourth-order valence-electron chi connectivity index (χ4n) is 3.12. The second-order valence-corrected chi connectivity index (χ2v) is 7.14. The van der Waals surface area contributed by atoms with E-state index in [9.17, 15) is 4.79 Å². The second-order valence-electron chi connectivity index (χ2n) is 6.30. The van der Waals surface area contributed by atoms with E-state index in [1.807, 2.05) is 12.1 Å². The van der Waals surface area contributed by atoms with Crippen molar-refractivity contribution >= 4 is 29.1 Å². The highest BCUT2D eigenvalue weighted by Crippen LogP contribution is 2.27. The van der Waals surface area contributed by atoms with Gasteiger partial charge in [0.2, 0.25) is 0 Å². The maximum atomic E-state index is 12.2. The molecule has 0 bridgehead atoms. The van der Waals surface area contributed by atoms with Crippen LogP contribution >= 0.6 is 23.2 Å². The molecule has 1 aromatic heterocycles. The van der Waals surface area contributed by atoms with Crippen LogP contribution < -0.4 is 10.1 Å². The molecule has 1 aromatic carbocycles. The summed E-state index contributed by atoms with van der Waals surface area (Å²) in [4.78, 5) is 14.6. The van der Waals surface area contributed by atoms with Gasteiger partial charge in [-0.15, -0.1) is 0 Å². The minimum absolute atomic E-state index is 0.0355. The molecular weight excluding hydrogens is 375 g/mol. The van der Waals surface area contributed by atoms with E-state index >= 15 is 0 Å². The Morgan fingerprint density at radius 3 is 2.73 bits per heavy atom. The summed E-state index contributed by atoms with van der Waals surface area (Å²) in [5, 5.41) is 3.84. The van der Waals surface area contributed by atoms with E-state index in [2.05, 4.69) is 10.2 Å². The van der Waals surface area contributed by atoms with Gasteiger partial charge < -0.3 is 14.5 Å². The minimum atomic E-state index is -0.204. The van der Waals surface area contributed by atoms with E-state index in [0.29, 0.717) is 22.3 Å². The SMILES string of the molecule is O=C(COc1ccc(Cl)cc1Cl)NCC(c1ccco1)N1CCCCC1. The van der Waals surface area contributed by atoms with Gasteiger partial charge in [-0.25, -0.2) is 0 Å². The number of carbonyl (C=O) groups is 1. The second kappa shape index (κ2) is 9.31. The van der Waals surface area contributed by atoms with Crippen LogP contribution in [0, 0.1) is 0 Å². The lowest BCUT2D eigenvalue weighted by atomic mass is 10.1. The van der Waals surface area contributed by atoms with Crippen LogP contribution in [0.3, 0.4) is 0 Å². The van der Waals surface area contributed by atoms with Gasteiger partial charge in [0.15, 0.2) is 6.61 Å². The number of nitrogens with one attached hydrogen (secondary N) is 1. The molecule has 3 rings (SSSR count). The summed E-state index contributed by atoms with van der Waals surface area (Å²) in [6, 6.07) is 8.77. The standard InChI is InChI=1S/C19H22Cl2N2O3/c20-14-6-7-17(15(21)11-14)26-13-19(24)22-12-16(18-5-4-10-25-18)23-8-2-1-3-9-23/h4-7,10-11,16H,1-3,8-9,12-13H2,(H,22,24). The van der Waals surface area contributed by atoms with Gasteiger partial charge in [-0.05, 0) is 56.3 Å². The summed E-state index contributed by atoms with van der Waals surface area (Å²) >= 11 is 11.9. The predicted molar refractivity (Wildman–Crippen MR) is 102 cm³/mol. The fraction of sp³-hybridized carbons (Fsp3) is 0.421. The number of halogens is 2. The first-order chi connectivity index (χ1) is 12.6. The summed E-state index contributed by atoms with van der Waals surface area (Å²) in [7, 11) is 0. The van der Waals surface area contributed by atoms with E-state index < -0.39 is 0 Å². The predicted octanol–water partition coefficient (Wildman–Crippen LogP) is 4.31. The molecule has 7 heteroatoms. The molecule has 26 heavy (non-hydrogen) atoms. The molecule has 1 amide bonds. The van der Waals surface area contributed by atoms with Crippen molar-refractivity contribution in [3.63, 3.8) is 0 Å². The Morgan fingerprint density at radius 2 is 2.04 bits per heavy atom. The highest BCUT2D eigenvalue weighted by Gasteiger charge is 2.24. The maximum Gasteiger partial charge on any atom is 0.258 e. The van der Waals surface area contributed by atoms with E-state index in [4.69, 9.17) is 32.4 Å². The van der Waals surface area contributed by atoms with E-state index in [1.54, 1.807) is 24.5 Å². The molecule has 0 aliphatic carbocycles. The Labute approximate surface area is 163 Å². The monoisotopic (exact) mass is 396 g/mol. The normalized spacial score (nSPS) is 16.2. The Bertz CT molecular complexity index is 716. The van der Waals surface area contributed by atoms with E-state index in [0.717, 1.165) is 18.8 Å². The highest BCUT2D eigenvalue weighted by atomic mass is 35.5. The number of likely N-dealkylation sites (tertiary alicyclic amines) is 1. The molecule has 0 radical (unpaired) electrons. The van der Waals surface area contributed by atoms with Crippen molar-refractivity contribution in [2.45, 2.75) is 25.3 Å². The molecule has 1 N–H and O–H groups in total.